The zero-order valence-electron chi connectivity index (χ0n) is 13.6. The molecule has 0 aliphatic carbocycles. The summed E-state index contributed by atoms with van der Waals surface area (Å²) in [6.45, 7) is 8.24. The first kappa shape index (κ1) is 14.8. The van der Waals surface area contributed by atoms with E-state index in [2.05, 4.69) is 55.0 Å². The van der Waals surface area contributed by atoms with Gasteiger partial charge in [-0.05, 0) is 44.2 Å². The van der Waals surface area contributed by atoms with E-state index < -0.39 is 0 Å². The molecule has 0 unspecified atom stereocenters. The van der Waals surface area contributed by atoms with Crippen LogP contribution in [0.3, 0.4) is 0 Å². The zero-order chi connectivity index (χ0) is 15.7. The number of anilines is 1. The van der Waals surface area contributed by atoms with Crippen LogP contribution >= 0.6 is 0 Å². The summed E-state index contributed by atoms with van der Waals surface area (Å²) >= 11 is 0. The third-order valence-electron chi connectivity index (χ3n) is 4.41. The van der Waals surface area contributed by atoms with Gasteiger partial charge in [-0.15, -0.1) is 0 Å². The molecule has 22 heavy (non-hydrogen) atoms. The van der Waals surface area contributed by atoms with Crippen LogP contribution in [-0.2, 0) is 6.42 Å². The Morgan fingerprint density at radius 1 is 1.14 bits per heavy atom. The molecule has 2 heterocycles. The van der Waals surface area contributed by atoms with E-state index in [1.165, 1.54) is 11.1 Å². The quantitative estimate of drug-likeness (QED) is 0.854. The Hall–Kier alpha value is -2.12. The Bertz CT molecular complexity index is 737. The number of hydrogen-bond donors (Lipinski definition) is 0. The molecule has 2 aromatic rings. The molecule has 0 bridgehead atoms. The minimum Gasteiger partial charge on any atom is -0.354 e. The number of piperazine rings is 1. The monoisotopic (exact) mass is 294 g/mol. The van der Waals surface area contributed by atoms with Gasteiger partial charge in [0.25, 0.3) is 0 Å². The minimum atomic E-state index is 0.415. The first-order valence-corrected chi connectivity index (χ1v) is 7.80. The molecule has 1 fully saturated rings. The van der Waals surface area contributed by atoms with E-state index >= 15 is 0 Å². The molecule has 1 aromatic carbocycles. The van der Waals surface area contributed by atoms with Gasteiger partial charge in [0, 0.05) is 37.1 Å². The van der Waals surface area contributed by atoms with E-state index in [4.69, 9.17) is 10.2 Å². The number of aromatic nitrogens is 1. The molecule has 0 radical (unpaired) electrons. The molecule has 4 heteroatoms. The van der Waals surface area contributed by atoms with E-state index in [9.17, 15) is 0 Å². The molecule has 4 nitrogen and oxygen atoms in total. The van der Waals surface area contributed by atoms with Crippen molar-refractivity contribution < 1.29 is 0 Å². The Kier molecular flexibility index (Phi) is 4.00. The number of nitriles is 1. The average Bonchev–Trinajstić information content (AvgIpc) is 2.48. The Morgan fingerprint density at radius 2 is 1.86 bits per heavy atom. The first-order chi connectivity index (χ1) is 10.6. The summed E-state index contributed by atoms with van der Waals surface area (Å²) in [7, 11) is 2.15. The largest absolute Gasteiger partial charge is 0.354 e. The Balaban J connectivity index is 2.11. The SMILES string of the molecule is Cc1cc(C)c2cc(CC#N)c(N3CCN(C)CC3)nc2c1. The summed E-state index contributed by atoms with van der Waals surface area (Å²) < 4.78 is 0. The van der Waals surface area contributed by atoms with Crippen LogP contribution in [-0.4, -0.2) is 43.1 Å². The van der Waals surface area contributed by atoms with Crippen LogP contribution < -0.4 is 4.90 Å². The second kappa shape index (κ2) is 5.94. The number of aryl methyl sites for hydroxylation is 2. The maximum atomic E-state index is 9.17. The Morgan fingerprint density at radius 3 is 2.55 bits per heavy atom. The topological polar surface area (TPSA) is 43.2 Å². The molecule has 1 saturated heterocycles. The molecule has 0 spiro atoms. The summed E-state index contributed by atoms with van der Waals surface area (Å²) in [6.07, 6.45) is 0.415. The number of benzene rings is 1. The molecule has 1 aromatic heterocycles. The third kappa shape index (κ3) is 2.77. The van der Waals surface area contributed by atoms with Gasteiger partial charge < -0.3 is 9.80 Å². The van der Waals surface area contributed by atoms with Gasteiger partial charge in [0.2, 0.25) is 0 Å². The molecule has 114 valence electrons. The normalized spacial score (nSPS) is 16.0. The maximum Gasteiger partial charge on any atom is 0.133 e. The second-order valence-corrected chi connectivity index (χ2v) is 6.24. The molecule has 1 aliphatic rings. The molecule has 0 saturated carbocycles. The number of rotatable bonds is 2. The number of fused-ring (bicyclic) bond motifs is 1. The van der Waals surface area contributed by atoms with Crippen molar-refractivity contribution in [3.05, 3.63) is 34.9 Å². The molecule has 3 rings (SSSR count). The lowest BCUT2D eigenvalue weighted by Crippen LogP contribution is -2.45. The van der Waals surface area contributed by atoms with Gasteiger partial charge in [-0.3, -0.25) is 0 Å². The van der Waals surface area contributed by atoms with Gasteiger partial charge in [-0.25, -0.2) is 4.98 Å². The van der Waals surface area contributed by atoms with Crippen molar-refractivity contribution in [3.8, 4) is 6.07 Å². The minimum absolute atomic E-state index is 0.415. The summed E-state index contributed by atoms with van der Waals surface area (Å²) in [6, 6.07) is 8.76. The van der Waals surface area contributed by atoms with Crippen LogP contribution in [0.1, 0.15) is 16.7 Å². The van der Waals surface area contributed by atoms with Crippen LogP contribution in [0.2, 0.25) is 0 Å². The number of pyridine rings is 1. The first-order valence-electron chi connectivity index (χ1n) is 7.80. The van der Waals surface area contributed by atoms with Gasteiger partial charge in [-0.1, -0.05) is 6.07 Å². The van der Waals surface area contributed by atoms with Crippen molar-refractivity contribution in [3.63, 3.8) is 0 Å². The summed E-state index contributed by atoms with van der Waals surface area (Å²) in [5.74, 6) is 0.993. The average molecular weight is 294 g/mol. The molecular formula is C18H22N4. The molecule has 0 atom stereocenters. The fraction of sp³-hybridized carbons (Fsp3) is 0.444. The van der Waals surface area contributed by atoms with Gasteiger partial charge >= 0.3 is 0 Å². The van der Waals surface area contributed by atoms with Crippen LogP contribution in [0.25, 0.3) is 10.9 Å². The lowest BCUT2D eigenvalue weighted by Gasteiger charge is -2.34. The van der Waals surface area contributed by atoms with Crippen LogP contribution in [0.4, 0.5) is 5.82 Å². The highest BCUT2D eigenvalue weighted by atomic mass is 15.3. The van der Waals surface area contributed by atoms with E-state index in [1.807, 2.05) is 0 Å². The highest BCUT2D eigenvalue weighted by molar-refractivity contribution is 5.85. The lowest BCUT2D eigenvalue weighted by molar-refractivity contribution is 0.312. The zero-order valence-corrected chi connectivity index (χ0v) is 13.6. The molecule has 0 amide bonds. The fourth-order valence-corrected chi connectivity index (χ4v) is 3.17. The van der Waals surface area contributed by atoms with Gasteiger partial charge in [-0.2, -0.15) is 5.26 Å². The van der Waals surface area contributed by atoms with E-state index in [0.717, 1.165) is 48.5 Å². The smallest absolute Gasteiger partial charge is 0.133 e. The highest BCUT2D eigenvalue weighted by Gasteiger charge is 2.19. The maximum absolute atomic E-state index is 9.17. The van der Waals surface area contributed by atoms with Crippen molar-refractivity contribution in [1.29, 1.82) is 5.26 Å². The van der Waals surface area contributed by atoms with Crippen LogP contribution in [0.15, 0.2) is 18.2 Å². The van der Waals surface area contributed by atoms with Gasteiger partial charge in [0.1, 0.15) is 5.82 Å². The van der Waals surface area contributed by atoms with Crippen molar-refractivity contribution in [1.82, 2.24) is 9.88 Å². The number of hydrogen-bond acceptors (Lipinski definition) is 4. The lowest BCUT2D eigenvalue weighted by atomic mass is 10.0. The summed E-state index contributed by atoms with van der Waals surface area (Å²) in [4.78, 5) is 9.57. The molecule has 0 N–H and O–H groups in total. The van der Waals surface area contributed by atoms with Gasteiger partial charge in [0.05, 0.1) is 18.0 Å². The van der Waals surface area contributed by atoms with E-state index in [1.54, 1.807) is 0 Å². The fourth-order valence-electron chi connectivity index (χ4n) is 3.17. The molecule has 1 aliphatic heterocycles. The second-order valence-electron chi connectivity index (χ2n) is 6.24. The Labute approximate surface area is 132 Å². The van der Waals surface area contributed by atoms with Gasteiger partial charge in [0.15, 0.2) is 0 Å². The predicted molar refractivity (Wildman–Crippen MR) is 90.2 cm³/mol. The van der Waals surface area contributed by atoms with Crippen molar-refractivity contribution in [2.45, 2.75) is 20.3 Å². The van der Waals surface area contributed by atoms with Crippen molar-refractivity contribution >= 4 is 16.7 Å². The molecular weight excluding hydrogens is 272 g/mol. The highest BCUT2D eigenvalue weighted by Crippen LogP contribution is 2.27. The number of likely N-dealkylation sites (N-methyl/N-ethyl adjacent to an activating group) is 1. The third-order valence-corrected chi connectivity index (χ3v) is 4.41. The number of nitrogens with zero attached hydrogens (tertiary/aromatic N) is 4. The summed E-state index contributed by atoms with van der Waals surface area (Å²) in [5, 5.41) is 10.3. The predicted octanol–water partition coefficient (Wildman–Crippen LogP) is 2.67. The van der Waals surface area contributed by atoms with E-state index in [-0.39, 0.29) is 0 Å². The standard InChI is InChI=1S/C18H22N4/c1-13-10-14(2)16-12-15(4-5-19)18(20-17(16)11-13)22-8-6-21(3)7-9-22/h10-12H,4,6-9H2,1-3H3. The van der Waals surface area contributed by atoms with E-state index in [0.29, 0.717) is 6.42 Å². The summed E-state index contributed by atoms with van der Waals surface area (Å²) in [5.41, 5.74) is 4.54. The van der Waals surface area contributed by atoms with Crippen molar-refractivity contribution in [2.24, 2.45) is 0 Å². The van der Waals surface area contributed by atoms with Crippen LogP contribution in [0.5, 0.6) is 0 Å². The van der Waals surface area contributed by atoms with Crippen molar-refractivity contribution in [2.75, 3.05) is 38.1 Å². The van der Waals surface area contributed by atoms with Crippen LogP contribution in [0, 0.1) is 25.2 Å².